The molecule has 3 heterocycles. The van der Waals surface area contributed by atoms with Gasteiger partial charge in [-0.2, -0.15) is 0 Å². The second kappa shape index (κ2) is 9.55. The number of hydrogen-bond donors (Lipinski definition) is 2. The van der Waals surface area contributed by atoms with Crippen molar-refractivity contribution in [3.05, 3.63) is 48.0 Å². The van der Waals surface area contributed by atoms with E-state index in [0.29, 0.717) is 29.9 Å². The van der Waals surface area contributed by atoms with Crippen molar-refractivity contribution in [1.82, 2.24) is 25.4 Å². The third-order valence-electron chi connectivity index (χ3n) is 5.32. The lowest BCUT2D eigenvalue weighted by Crippen LogP contribution is -2.40. The quantitative estimate of drug-likeness (QED) is 0.444. The Kier molecular flexibility index (Phi) is 6.40. The van der Waals surface area contributed by atoms with Crippen LogP contribution in [0, 0.1) is 0 Å². The van der Waals surface area contributed by atoms with Crippen molar-refractivity contribution in [2.24, 2.45) is 4.99 Å². The lowest BCUT2D eigenvalue weighted by Gasteiger charge is -2.22. The Morgan fingerprint density at radius 3 is 2.77 bits per heavy atom. The topological polar surface area (TPSA) is 101 Å². The molecule has 1 atom stereocenters. The first-order chi connectivity index (χ1) is 15.2. The summed E-state index contributed by atoms with van der Waals surface area (Å²) < 4.78 is 16.2. The fourth-order valence-corrected chi connectivity index (χ4v) is 3.75. The van der Waals surface area contributed by atoms with Gasteiger partial charge in [0.25, 0.3) is 0 Å². The summed E-state index contributed by atoms with van der Waals surface area (Å²) in [4.78, 5) is 11.5. The number of nitrogens with zero attached hydrogens (tertiary/aromatic N) is 4. The van der Waals surface area contributed by atoms with Gasteiger partial charge in [-0.3, -0.25) is 5.10 Å². The normalized spacial score (nSPS) is 16.5. The zero-order valence-corrected chi connectivity index (χ0v) is 18.1. The molecule has 164 valence electrons. The molecule has 1 aromatic carbocycles. The van der Waals surface area contributed by atoms with Crippen LogP contribution in [0.2, 0.25) is 0 Å². The molecule has 0 bridgehead atoms. The maximum Gasteiger partial charge on any atom is 0.216 e. The Balaban J connectivity index is 1.45. The first-order valence-corrected chi connectivity index (χ1v) is 10.4. The summed E-state index contributed by atoms with van der Waals surface area (Å²) in [6, 6.07) is 9.72. The number of nitrogens with one attached hydrogen (secondary N) is 2. The Morgan fingerprint density at radius 2 is 2.10 bits per heavy atom. The summed E-state index contributed by atoms with van der Waals surface area (Å²) in [6.45, 7) is 5.06. The summed E-state index contributed by atoms with van der Waals surface area (Å²) in [5.74, 6) is 4.73. The molecule has 0 spiro atoms. The number of ether oxygens (including phenoxy) is 2. The van der Waals surface area contributed by atoms with E-state index < -0.39 is 0 Å². The molecule has 4 rings (SSSR count). The fraction of sp³-hybridized carbons (Fsp3) is 0.409. The van der Waals surface area contributed by atoms with Gasteiger partial charge in [0.1, 0.15) is 23.9 Å². The van der Waals surface area contributed by atoms with E-state index in [2.05, 4.69) is 44.5 Å². The minimum Gasteiger partial charge on any atom is -0.497 e. The molecule has 2 aromatic heterocycles. The number of furan rings is 1. The molecule has 0 saturated carbocycles. The van der Waals surface area contributed by atoms with Gasteiger partial charge in [0, 0.05) is 31.6 Å². The van der Waals surface area contributed by atoms with E-state index in [-0.39, 0.29) is 0 Å². The van der Waals surface area contributed by atoms with Crippen molar-refractivity contribution in [2.75, 3.05) is 33.9 Å². The van der Waals surface area contributed by atoms with Crippen molar-refractivity contribution in [1.29, 1.82) is 0 Å². The maximum atomic E-state index is 5.43. The van der Waals surface area contributed by atoms with Crippen molar-refractivity contribution in [2.45, 2.75) is 25.8 Å². The number of guanidine groups is 1. The number of H-pyrrole nitrogens is 1. The van der Waals surface area contributed by atoms with Gasteiger partial charge in [0.15, 0.2) is 11.7 Å². The molecule has 1 fully saturated rings. The Bertz CT molecular complexity index is 992. The van der Waals surface area contributed by atoms with Crippen LogP contribution in [0.3, 0.4) is 0 Å². The number of hydrogen-bond acceptors (Lipinski definition) is 6. The van der Waals surface area contributed by atoms with Crippen molar-refractivity contribution < 1.29 is 13.9 Å². The van der Waals surface area contributed by atoms with Gasteiger partial charge in [-0.25, -0.2) is 9.98 Å². The highest BCUT2D eigenvalue weighted by Gasteiger charge is 2.27. The largest absolute Gasteiger partial charge is 0.497 e. The van der Waals surface area contributed by atoms with Crippen LogP contribution in [-0.4, -0.2) is 59.9 Å². The zero-order chi connectivity index (χ0) is 21.6. The summed E-state index contributed by atoms with van der Waals surface area (Å²) in [7, 11) is 3.35. The predicted molar refractivity (Wildman–Crippen MR) is 117 cm³/mol. The maximum absolute atomic E-state index is 5.43. The highest BCUT2D eigenvalue weighted by molar-refractivity contribution is 5.80. The van der Waals surface area contributed by atoms with Crippen LogP contribution in [0.15, 0.2) is 46.0 Å². The molecule has 0 radical (unpaired) electrons. The average Bonchev–Trinajstić information content (AvgIpc) is 3.57. The average molecular weight is 425 g/mol. The minimum atomic E-state index is 0.378. The number of aromatic nitrogens is 3. The molecular weight excluding hydrogens is 396 g/mol. The third kappa shape index (κ3) is 4.82. The van der Waals surface area contributed by atoms with Gasteiger partial charge in [0.2, 0.25) is 5.82 Å². The van der Waals surface area contributed by atoms with Crippen LogP contribution in [0.5, 0.6) is 11.5 Å². The third-order valence-corrected chi connectivity index (χ3v) is 5.32. The molecule has 1 unspecified atom stereocenters. The highest BCUT2D eigenvalue weighted by Crippen LogP contribution is 2.33. The van der Waals surface area contributed by atoms with Gasteiger partial charge in [0.05, 0.1) is 20.5 Å². The molecular formula is C22H28N6O3. The van der Waals surface area contributed by atoms with E-state index in [0.717, 1.165) is 43.5 Å². The van der Waals surface area contributed by atoms with Crippen molar-refractivity contribution in [3.8, 4) is 23.1 Å². The van der Waals surface area contributed by atoms with Gasteiger partial charge >= 0.3 is 0 Å². The van der Waals surface area contributed by atoms with E-state index in [4.69, 9.17) is 18.9 Å². The van der Waals surface area contributed by atoms with Gasteiger partial charge in [-0.1, -0.05) is 0 Å². The van der Waals surface area contributed by atoms with E-state index in [1.807, 2.05) is 18.2 Å². The van der Waals surface area contributed by atoms with Crippen LogP contribution >= 0.6 is 0 Å². The Morgan fingerprint density at radius 1 is 1.29 bits per heavy atom. The van der Waals surface area contributed by atoms with Crippen LogP contribution in [0.4, 0.5) is 0 Å². The second-order valence-electron chi connectivity index (χ2n) is 7.33. The van der Waals surface area contributed by atoms with E-state index in [1.165, 1.54) is 5.56 Å². The molecule has 1 aliphatic rings. The number of rotatable bonds is 7. The van der Waals surface area contributed by atoms with Crippen LogP contribution in [0.25, 0.3) is 11.6 Å². The number of benzene rings is 1. The summed E-state index contributed by atoms with van der Waals surface area (Å²) >= 11 is 0. The molecule has 0 amide bonds. The molecule has 9 heteroatoms. The number of aromatic amines is 1. The number of aliphatic imine (C=N–C) groups is 1. The molecule has 9 nitrogen and oxygen atoms in total. The van der Waals surface area contributed by atoms with Crippen molar-refractivity contribution in [3.63, 3.8) is 0 Å². The highest BCUT2D eigenvalue weighted by atomic mass is 16.5. The molecule has 2 N–H and O–H groups in total. The molecule has 1 aliphatic heterocycles. The standard InChI is InChI=1S/C22H28N6O3/c1-4-23-22(24-13-20-25-21(27-26-20)19-6-5-9-31-19)28-8-7-15(14-28)16-10-17(29-2)12-18(11-16)30-3/h5-6,9-12,15H,4,7-8,13-14H2,1-3H3,(H,23,24)(H,25,26,27). The SMILES string of the molecule is CCNC(=NCc1nc(-c2ccco2)n[nH]1)N1CCC(c2cc(OC)cc(OC)c2)C1. The van der Waals surface area contributed by atoms with Crippen LogP contribution in [-0.2, 0) is 6.54 Å². The number of methoxy groups -OCH3 is 2. The predicted octanol–water partition coefficient (Wildman–Crippen LogP) is 3.04. The summed E-state index contributed by atoms with van der Waals surface area (Å²) in [5.41, 5.74) is 1.22. The van der Waals surface area contributed by atoms with Crippen LogP contribution in [0.1, 0.15) is 30.7 Å². The van der Waals surface area contributed by atoms with Gasteiger partial charge < -0.3 is 24.1 Å². The minimum absolute atomic E-state index is 0.378. The monoisotopic (exact) mass is 424 g/mol. The fourth-order valence-electron chi connectivity index (χ4n) is 3.75. The Hall–Kier alpha value is -3.49. The van der Waals surface area contributed by atoms with Crippen LogP contribution < -0.4 is 14.8 Å². The molecule has 31 heavy (non-hydrogen) atoms. The second-order valence-corrected chi connectivity index (χ2v) is 7.33. The molecule has 0 aliphatic carbocycles. The van der Waals surface area contributed by atoms with Gasteiger partial charge in [-0.05, 0) is 43.2 Å². The van der Waals surface area contributed by atoms with E-state index in [1.54, 1.807) is 20.5 Å². The Labute approximate surface area is 181 Å². The van der Waals surface area contributed by atoms with E-state index >= 15 is 0 Å². The number of likely N-dealkylation sites (tertiary alicyclic amines) is 1. The summed E-state index contributed by atoms with van der Waals surface area (Å²) in [6.07, 6.45) is 2.64. The first-order valence-electron chi connectivity index (χ1n) is 10.4. The lowest BCUT2D eigenvalue weighted by atomic mass is 9.98. The van der Waals surface area contributed by atoms with E-state index in [9.17, 15) is 0 Å². The smallest absolute Gasteiger partial charge is 0.216 e. The molecule has 3 aromatic rings. The van der Waals surface area contributed by atoms with Gasteiger partial charge in [-0.15, -0.1) is 5.10 Å². The van der Waals surface area contributed by atoms with Crippen molar-refractivity contribution >= 4 is 5.96 Å². The lowest BCUT2D eigenvalue weighted by molar-refractivity contribution is 0.392. The zero-order valence-electron chi connectivity index (χ0n) is 18.1. The summed E-state index contributed by atoms with van der Waals surface area (Å²) in [5, 5.41) is 10.5. The first kappa shape index (κ1) is 20.8. The molecule has 1 saturated heterocycles.